The Bertz CT molecular complexity index is 668. The summed E-state index contributed by atoms with van der Waals surface area (Å²) in [6, 6.07) is 11.1. The van der Waals surface area contributed by atoms with Gasteiger partial charge in [0, 0.05) is 19.3 Å². The standard InChI is InChI=1S/C17H20N4O2/c1-23-16-12-14(5-6-15(16)22)13-19-21-10-8-20(9-11-21)17-4-2-3-7-18-17/h2-7,12-13,22H,8-11H2,1H3. The molecule has 0 radical (unpaired) electrons. The highest BCUT2D eigenvalue weighted by molar-refractivity contribution is 5.80. The van der Waals surface area contributed by atoms with Gasteiger partial charge in [-0.15, -0.1) is 0 Å². The molecule has 1 fully saturated rings. The van der Waals surface area contributed by atoms with Crippen LogP contribution in [0.2, 0.25) is 0 Å². The van der Waals surface area contributed by atoms with Crippen molar-refractivity contribution in [2.24, 2.45) is 5.10 Å². The molecule has 0 atom stereocenters. The topological polar surface area (TPSA) is 61.2 Å². The van der Waals surface area contributed by atoms with Gasteiger partial charge in [-0.2, -0.15) is 5.10 Å². The highest BCUT2D eigenvalue weighted by Crippen LogP contribution is 2.25. The molecule has 6 heteroatoms. The molecule has 0 unspecified atom stereocenters. The molecular formula is C17H20N4O2. The Hall–Kier alpha value is -2.76. The lowest BCUT2D eigenvalue weighted by Crippen LogP contribution is -2.44. The Morgan fingerprint density at radius 3 is 2.70 bits per heavy atom. The van der Waals surface area contributed by atoms with Gasteiger partial charge in [-0.1, -0.05) is 6.07 Å². The van der Waals surface area contributed by atoms with Crippen LogP contribution in [0.1, 0.15) is 5.56 Å². The zero-order chi connectivity index (χ0) is 16.1. The van der Waals surface area contributed by atoms with Gasteiger partial charge in [-0.05, 0) is 35.9 Å². The van der Waals surface area contributed by atoms with Gasteiger partial charge in [0.25, 0.3) is 0 Å². The number of ether oxygens (including phenoxy) is 1. The van der Waals surface area contributed by atoms with Crippen LogP contribution in [0.15, 0.2) is 47.7 Å². The first-order valence-corrected chi connectivity index (χ1v) is 7.58. The minimum absolute atomic E-state index is 0.133. The van der Waals surface area contributed by atoms with E-state index in [0.717, 1.165) is 37.6 Å². The molecule has 2 aromatic rings. The summed E-state index contributed by atoms with van der Waals surface area (Å²) in [5, 5.41) is 16.1. The maximum absolute atomic E-state index is 9.60. The normalized spacial score (nSPS) is 15.2. The number of hydrazone groups is 1. The van der Waals surface area contributed by atoms with E-state index in [0.29, 0.717) is 5.75 Å². The van der Waals surface area contributed by atoms with E-state index in [2.05, 4.69) is 15.0 Å². The molecule has 1 aromatic carbocycles. The predicted octanol–water partition coefficient (Wildman–Crippen LogP) is 1.95. The van der Waals surface area contributed by atoms with Gasteiger partial charge >= 0.3 is 0 Å². The van der Waals surface area contributed by atoms with Crippen LogP contribution in [0.4, 0.5) is 5.82 Å². The third-order valence-electron chi connectivity index (χ3n) is 3.80. The smallest absolute Gasteiger partial charge is 0.161 e. The van der Waals surface area contributed by atoms with Crippen molar-refractivity contribution in [2.75, 3.05) is 38.2 Å². The van der Waals surface area contributed by atoms with E-state index in [1.54, 1.807) is 18.3 Å². The van der Waals surface area contributed by atoms with Gasteiger partial charge < -0.3 is 14.7 Å². The van der Waals surface area contributed by atoms with E-state index in [4.69, 9.17) is 4.74 Å². The molecule has 120 valence electrons. The van der Waals surface area contributed by atoms with Crippen LogP contribution < -0.4 is 9.64 Å². The molecule has 1 saturated heterocycles. The number of nitrogens with zero attached hydrogens (tertiary/aromatic N) is 4. The van der Waals surface area contributed by atoms with Crippen LogP contribution in [0, 0.1) is 0 Å². The number of pyridine rings is 1. The third-order valence-corrected chi connectivity index (χ3v) is 3.80. The maximum Gasteiger partial charge on any atom is 0.161 e. The average molecular weight is 312 g/mol. The molecule has 0 amide bonds. The molecule has 2 heterocycles. The summed E-state index contributed by atoms with van der Waals surface area (Å²) in [6.45, 7) is 3.49. The van der Waals surface area contributed by atoms with Gasteiger partial charge in [0.05, 0.1) is 26.4 Å². The SMILES string of the molecule is COc1cc(C=NN2CCN(c3ccccn3)CC2)ccc1O. The lowest BCUT2D eigenvalue weighted by Gasteiger charge is -2.33. The van der Waals surface area contributed by atoms with Crippen molar-refractivity contribution < 1.29 is 9.84 Å². The number of phenols is 1. The van der Waals surface area contributed by atoms with Gasteiger partial charge in [0.1, 0.15) is 5.82 Å². The minimum Gasteiger partial charge on any atom is -0.504 e. The van der Waals surface area contributed by atoms with Crippen molar-refractivity contribution >= 4 is 12.0 Å². The summed E-state index contributed by atoms with van der Waals surface area (Å²) < 4.78 is 5.10. The fourth-order valence-electron chi connectivity index (χ4n) is 2.50. The summed E-state index contributed by atoms with van der Waals surface area (Å²) in [5.41, 5.74) is 0.895. The highest BCUT2D eigenvalue weighted by Gasteiger charge is 2.16. The number of anilines is 1. The lowest BCUT2D eigenvalue weighted by atomic mass is 10.2. The first kappa shape index (κ1) is 15.1. The summed E-state index contributed by atoms with van der Waals surface area (Å²) in [6.07, 6.45) is 3.61. The molecule has 0 saturated carbocycles. The largest absolute Gasteiger partial charge is 0.504 e. The molecule has 1 aromatic heterocycles. The Kier molecular flexibility index (Phi) is 4.61. The monoisotopic (exact) mass is 312 g/mol. The molecule has 3 rings (SSSR count). The minimum atomic E-state index is 0.133. The van der Waals surface area contributed by atoms with E-state index in [-0.39, 0.29) is 5.75 Å². The van der Waals surface area contributed by atoms with Gasteiger partial charge in [-0.3, -0.25) is 5.01 Å². The van der Waals surface area contributed by atoms with Crippen LogP contribution in [0.5, 0.6) is 11.5 Å². The van der Waals surface area contributed by atoms with E-state index < -0.39 is 0 Å². The van der Waals surface area contributed by atoms with Crippen molar-refractivity contribution in [3.63, 3.8) is 0 Å². The van der Waals surface area contributed by atoms with Crippen molar-refractivity contribution in [3.8, 4) is 11.5 Å². The second kappa shape index (κ2) is 7.00. The number of hydrogen-bond donors (Lipinski definition) is 1. The number of methoxy groups -OCH3 is 1. The number of benzene rings is 1. The second-order valence-corrected chi connectivity index (χ2v) is 5.30. The van der Waals surface area contributed by atoms with Crippen molar-refractivity contribution in [3.05, 3.63) is 48.2 Å². The highest BCUT2D eigenvalue weighted by atomic mass is 16.5. The molecule has 0 aliphatic carbocycles. The fraction of sp³-hybridized carbons (Fsp3) is 0.294. The summed E-state index contributed by atoms with van der Waals surface area (Å²) in [7, 11) is 1.53. The van der Waals surface area contributed by atoms with Gasteiger partial charge in [-0.25, -0.2) is 4.98 Å². The summed E-state index contributed by atoms with van der Waals surface area (Å²) in [4.78, 5) is 6.64. The van der Waals surface area contributed by atoms with Crippen molar-refractivity contribution in [1.82, 2.24) is 9.99 Å². The number of aromatic hydroxyl groups is 1. The van der Waals surface area contributed by atoms with E-state index in [1.165, 1.54) is 7.11 Å². The van der Waals surface area contributed by atoms with Crippen molar-refractivity contribution in [2.45, 2.75) is 0 Å². The zero-order valence-electron chi connectivity index (χ0n) is 13.1. The first-order chi connectivity index (χ1) is 11.3. The summed E-state index contributed by atoms with van der Waals surface area (Å²) in [5.74, 6) is 1.60. The molecule has 1 aliphatic heterocycles. The van der Waals surface area contributed by atoms with Crippen LogP contribution in [0.25, 0.3) is 0 Å². The van der Waals surface area contributed by atoms with Crippen LogP contribution in [0.3, 0.4) is 0 Å². The molecule has 1 aliphatic rings. The van der Waals surface area contributed by atoms with Crippen LogP contribution in [-0.2, 0) is 0 Å². The number of phenolic OH excluding ortho intramolecular Hbond substituents is 1. The molecular weight excluding hydrogens is 292 g/mol. The molecule has 0 bridgehead atoms. The average Bonchev–Trinajstić information content (AvgIpc) is 2.62. The van der Waals surface area contributed by atoms with Gasteiger partial charge in [0.15, 0.2) is 11.5 Å². The lowest BCUT2D eigenvalue weighted by molar-refractivity contribution is 0.271. The Morgan fingerprint density at radius 2 is 2.00 bits per heavy atom. The first-order valence-electron chi connectivity index (χ1n) is 7.58. The molecule has 6 nitrogen and oxygen atoms in total. The van der Waals surface area contributed by atoms with E-state index in [9.17, 15) is 5.11 Å². The Labute approximate surface area is 135 Å². The third kappa shape index (κ3) is 3.71. The molecule has 0 spiro atoms. The molecule has 1 N–H and O–H groups in total. The second-order valence-electron chi connectivity index (χ2n) is 5.30. The Morgan fingerprint density at radius 1 is 1.17 bits per heavy atom. The molecule has 23 heavy (non-hydrogen) atoms. The fourth-order valence-corrected chi connectivity index (χ4v) is 2.50. The summed E-state index contributed by atoms with van der Waals surface area (Å²) >= 11 is 0. The predicted molar refractivity (Wildman–Crippen MR) is 90.3 cm³/mol. The number of piperazine rings is 1. The Balaban J connectivity index is 1.58. The van der Waals surface area contributed by atoms with Crippen LogP contribution >= 0.6 is 0 Å². The zero-order valence-corrected chi connectivity index (χ0v) is 13.1. The van der Waals surface area contributed by atoms with Gasteiger partial charge in [0.2, 0.25) is 0 Å². The van der Waals surface area contributed by atoms with Crippen molar-refractivity contribution in [1.29, 1.82) is 0 Å². The number of hydrogen-bond acceptors (Lipinski definition) is 6. The quantitative estimate of drug-likeness (QED) is 0.875. The van der Waals surface area contributed by atoms with E-state index >= 15 is 0 Å². The van der Waals surface area contributed by atoms with E-state index in [1.807, 2.05) is 35.5 Å². The number of rotatable bonds is 4. The van der Waals surface area contributed by atoms with Crippen LogP contribution in [-0.4, -0.2) is 54.6 Å². The number of aromatic nitrogens is 1. The maximum atomic E-state index is 9.60.